The molecular formula is C37H36BrClN4O9S. The Labute approximate surface area is 319 Å². The zero-order chi connectivity index (χ0) is 38.5. The number of likely N-dealkylation sites (tertiary alicyclic amines) is 1. The molecule has 0 spiro atoms. The Hall–Kier alpha value is -4.99. The van der Waals surface area contributed by atoms with Crippen molar-refractivity contribution in [1.29, 1.82) is 0 Å². The summed E-state index contributed by atoms with van der Waals surface area (Å²) < 4.78 is 41.0. The molecule has 0 unspecified atom stereocenters. The van der Waals surface area contributed by atoms with Gasteiger partial charge in [0, 0.05) is 23.4 Å². The van der Waals surface area contributed by atoms with Crippen molar-refractivity contribution in [2.75, 3.05) is 6.54 Å². The lowest BCUT2D eigenvalue weighted by Gasteiger charge is -2.28. The van der Waals surface area contributed by atoms with E-state index in [1.54, 1.807) is 57.2 Å². The molecule has 4 aromatic carbocycles. The zero-order valence-electron chi connectivity index (χ0n) is 28.8. The molecule has 0 aromatic heterocycles. The molecule has 1 saturated heterocycles. The number of amides is 3. The maximum Gasteiger partial charge on any atom is 0.411 e. The minimum Gasteiger partial charge on any atom is -0.488 e. The monoisotopic (exact) mass is 826 g/mol. The van der Waals surface area contributed by atoms with Crippen LogP contribution in [0.5, 0.6) is 5.75 Å². The first-order valence-electron chi connectivity index (χ1n) is 16.4. The summed E-state index contributed by atoms with van der Waals surface area (Å²) in [7, 11) is -4.67. The fourth-order valence-electron chi connectivity index (χ4n) is 5.60. The minimum absolute atomic E-state index is 0.0132. The number of nitro benzene ring substituents is 1. The van der Waals surface area contributed by atoms with Gasteiger partial charge < -0.3 is 14.8 Å². The molecule has 3 amide bonds. The van der Waals surface area contributed by atoms with Crippen LogP contribution in [-0.2, 0) is 30.8 Å². The van der Waals surface area contributed by atoms with Gasteiger partial charge in [-0.1, -0.05) is 82.1 Å². The Morgan fingerprint density at radius 2 is 1.62 bits per heavy atom. The predicted molar refractivity (Wildman–Crippen MR) is 201 cm³/mol. The van der Waals surface area contributed by atoms with Crippen LogP contribution in [0.4, 0.5) is 10.5 Å². The van der Waals surface area contributed by atoms with Gasteiger partial charge >= 0.3 is 6.09 Å². The molecule has 0 radical (unpaired) electrons. The van der Waals surface area contributed by atoms with Gasteiger partial charge in [0.2, 0.25) is 5.91 Å². The average Bonchev–Trinajstić information content (AvgIpc) is 3.53. The minimum atomic E-state index is -4.67. The molecule has 2 N–H and O–H groups in total. The summed E-state index contributed by atoms with van der Waals surface area (Å²) in [4.78, 5) is 52.3. The van der Waals surface area contributed by atoms with Crippen molar-refractivity contribution < 1.29 is 37.2 Å². The van der Waals surface area contributed by atoms with Gasteiger partial charge in [-0.05, 0) is 73.9 Å². The molecule has 5 rings (SSSR count). The fraction of sp³-hybridized carbons (Fsp3) is 0.270. The standard InChI is InChI=1S/C37H36BrClN4O9S/c1-37(2,3)52-36(46)42-22-28(51-27-15-11-25(12-16-27)24-7-5-4-6-8-24)20-33(42)35(45)40-31(19-23-9-13-26(38)14-10-23)34(44)41-53(49,50)29-17-18-30(39)32(21-29)43(47)48/h4-18,21,28,31,33H,19-20,22H2,1-3H3,(H,40,45)(H,41,44)/t28-,31-,33-/m0/s1. The van der Waals surface area contributed by atoms with Gasteiger partial charge in [-0.15, -0.1) is 0 Å². The fourth-order valence-corrected chi connectivity index (χ4v) is 7.09. The van der Waals surface area contributed by atoms with E-state index in [1.807, 2.05) is 47.2 Å². The Bertz CT molecular complexity index is 2100. The maximum absolute atomic E-state index is 14.0. The molecule has 0 saturated carbocycles. The van der Waals surface area contributed by atoms with E-state index in [4.69, 9.17) is 21.1 Å². The molecule has 16 heteroatoms. The molecule has 0 bridgehead atoms. The second kappa shape index (κ2) is 16.4. The molecule has 0 aliphatic carbocycles. The lowest BCUT2D eigenvalue weighted by Crippen LogP contribution is -2.55. The van der Waals surface area contributed by atoms with E-state index in [9.17, 15) is 32.9 Å². The summed E-state index contributed by atoms with van der Waals surface area (Å²) >= 11 is 9.20. The van der Waals surface area contributed by atoms with Crippen molar-refractivity contribution in [3.63, 3.8) is 0 Å². The van der Waals surface area contributed by atoms with E-state index in [-0.39, 0.29) is 24.4 Å². The number of rotatable bonds is 11. The van der Waals surface area contributed by atoms with Gasteiger partial charge in [-0.25, -0.2) is 17.9 Å². The van der Waals surface area contributed by atoms with Crippen LogP contribution in [-0.4, -0.2) is 66.5 Å². The Morgan fingerprint density at radius 3 is 2.25 bits per heavy atom. The third kappa shape index (κ3) is 10.3. The van der Waals surface area contributed by atoms with Gasteiger partial charge in [0.05, 0.1) is 16.4 Å². The zero-order valence-corrected chi connectivity index (χ0v) is 32.0. The van der Waals surface area contributed by atoms with Crippen LogP contribution < -0.4 is 14.8 Å². The molecule has 53 heavy (non-hydrogen) atoms. The summed E-state index contributed by atoms with van der Waals surface area (Å²) in [5.74, 6) is -1.36. The predicted octanol–water partition coefficient (Wildman–Crippen LogP) is 6.67. The quantitative estimate of drug-likeness (QED) is 0.124. The van der Waals surface area contributed by atoms with Gasteiger partial charge in [0.15, 0.2) is 0 Å². The topological polar surface area (TPSA) is 174 Å². The van der Waals surface area contributed by atoms with Crippen LogP contribution in [0.3, 0.4) is 0 Å². The molecule has 1 aliphatic heterocycles. The first kappa shape index (κ1) is 39.2. The number of carbonyl (C=O) groups excluding carboxylic acids is 3. The number of carbonyl (C=O) groups is 3. The van der Waals surface area contributed by atoms with Crippen LogP contribution in [0.25, 0.3) is 11.1 Å². The van der Waals surface area contributed by atoms with E-state index in [0.717, 1.165) is 33.8 Å². The molecule has 1 fully saturated rings. The lowest BCUT2D eigenvalue weighted by molar-refractivity contribution is -0.384. The van der Waals surface area contributed by atoms with Gasteiger partial charge in [0.25, 0.3) is 21.6 Å². The normalized spacial score (nSPS) is 16.4. The first-order chi connectivity index (χ1) is 25.0. The highest BCUT2D eigenvalue weighted by atomic mass is 79.9. The van der Waals surface area contributed by atoms with Crippen LogP contribution in [0.1, 0.15) is 32.8 Å². The number of sulfonamides is 1. The third-order valence-corrected chi connectivity index (χ3v) is 10.3. The van der Waals surface area contributed by atoms with Crippen LogP contribution in [0, 0.1) is 10.1 Å². The summed E-state index contributed by atoms with van der Waals surface area (Å²) in [5, 5.41) is 13.7. The number of ether oxygens (including phenoxy) is 2. The average molecular weight is 828 g/mol. The second-order valence-electron chi connectivity index (χ2n) is 13.2. The van der Waals surface area contributed by atoms with Crippen molar-refractivity contribution in [2.45, 2.75) is 62.3 Å². The van der Waals surface area contributed by atoms with Crippen molar-refractivity contribution in [2.24, 2.45) is 0 Å². The molecular weight excluding hydrogens is 792 g/mol. The number of benzene rings is 4. The van der Waals surface area contributed by atoms with Gasteiger partial charge in [-0.2, -0.15) is 0 Å². The summed E-state index contributed by atoms with van der Waals surface area (Å²) in [6.07, 6.45) is -1.52. The van der Waals surface area contributed by atoms with Crippen molar-refractivity contribution in [3.8, 4) is 16.9 Å². The maximum atomic E-state index is 14.0. The number of hydrogen-bond donors (Lipinski definition) is 2. The largest absolute Gasteiger partial charge is 0.488 e. The Balaban J connectivity index is 1.38. The van der Waals surface area contributed by atoms with Crippen LogP contribution >= 0.6 is 27.5 Å². The highest BCUT2D eigenvalue weighted by molar-refractivity contribution is 9.10. The van der Waals surface area contributed by atoms with E-state index < -0.39 is 67.2 Å². The lowest BCUT2D eigenvalue weighted by atomic mass is 10.0. The van der Waals surface area contributed by atoms with Crippen LogP contribution in [0.2, 0.25) is 5.02 Å². The number of nitro groups is 1. The van der Waals surface area contributed by atoms with Crippen molar-refractivity contribution >= 4 is 61.1 Å². The second-order valence-corrected chi connectivity index (χ2v) is 16.3. The molecule has 13 nitrogen and oxygen atoms in total. The number of nitrogens with zero attached hydrogens (tertiary/aromatic N) is 2. The molecule has 1 aliphatic rings. The highest BCUT2D eigenvalue weighted by Crippen LogP contribution is 2.29. The van der Waals surface area contributed by atoms with E-state index in [0.29, 0.717) is 11.3 Å². The highest BCUT2D eigenvalue weighted by Gasteiger charge is 2.44. The molecule has 1 heterocycles. The number of hydrogen-bond acceptors (Lipinski definition) is 9. The van der Waals surface area contributed by atoms with Gasteiger partial charge in [0.1, 0.15) is 34.6 Å². The van der Waals surface area contributed by atoms with Gasteiger partial charge in [-0.3, -0.25) is 24.6 Å². The first-order valence-corrected chi connectivity index (χ1v) is 19.0. The molecule has 4 aromatic rings. The van der Waals surface area contributed by atoms with Crippen molar-refractivity contribution in [3.05, 3.63) is 122 Å². The molecule has 3 atom stereocenters. The smallest absolute Gasteiger partial charge is 0.411 e. The summed E-state index contributed by atoms with van der Waals surface area (Å²) in [6, 6.07) is 24.1. The van der Waals surface area contributed by atoms with Crippen LogP contribution in [0.15, 0.2) is 106 Å². The van der Waals surface area contributed by atoms with E-state index in [2.05, 4.69) is 21.2 Å². The third-order valence-electron chi connectivity index (χ3n) is 8.10. The summed E-state index contributed by atoms with van der Waals surface area (Å²) in [5.41, 5.74) is 1.01. The van der Waals surface area contributed by atoms with Crippen molar-refractivity contribution in [1.82, 2.24) is 14.9 Å². The Kier molecular flexibility index (Phi) is 12.1. The number of nitrogens with one attached hydrogen (secondary N) is 2. The summed E-state index contributed by atoms with van der Waals surface area (Å²) in [6.45, 7) is 5.05. The molecule has 278 valence electrons. The van der Waals surface area contributed by atoms with E-state index >= 15 is 0 Å². The van der Waals surface area contributed by atoms with E-state index in [1.165, 1.54) is 4.90 Å². The SMILES string of the molecule is CC(C)(C)OC(=O)N1C[C@@H](Oc2ccc(-c3ccccc3)cc2)C[C@H]1C(=O)N[C@@H](Cc1ccc(Br)cc1)C(=O)NS(=O)(=O)c1ccc(Cl)c([N+](=O)[O-])c1. The Morgan fingerprint density at radius 1 is 0.981 bits per heavy atom. The number of halogens is 2.